The highest BCUT2D eigenvalue weighted by Gasteiger charge is 2.22. The summed E-state index contributed by atoms with van der Waals surface area (Å²) in [5, 5.41) is 16.4. The minimum absolute atomic E-state index is 0.0690. The summed E-state index contributed by atoms with van der Waals surface area (Å²) in [4.78, 5) is 11.6. The van der Waals surface area contributed by atoms with E-state index in [1.807, 2.05) is 24.4 Å². The van der Waals surface area contributed by atoms with Crippen LogP contribution in [0.2, 0.25) is 0 Å². The first-order chi connectivity index (χ1) is 10.9. The summed E-state index contributed by atoms with van der Waals surface area (Å²) in [5.41, 5.74) is 0.0293. The molecule has 2 rings (SSSR count). The third kappa shape index (κ3) is 3.87. The van der Waals surface area contributed by atoms with Gasteiger partial charge in [0.15, 0.2) is 0 Å². The van der Waals surface area contributed by atoms with Crippen LogP contribution < -0.4 is 10.0 Å². The maximum absolute atomic E-state index is 11.8. The Bertz CT molecular complexity index is 788. The Hall–Kier alpha value is -1.97. The predicted molar refractivity (Wildman–Crippen MR) is 90.3 cm³/mol. The number of sulfonamides is 1. The quantitative estimate of drug-likeness (QED) is 0.587. The van der Waals surface area contributed by atoms with E-state index in [-0.39, 0.29) is 16.6 Å². The second-order valence-corrected chi connectivity index (χ2v) is 7.63. The fourth-order valence-corrected chi connectivity index (χ4v) is 3.73. The number of nitrogens with one attached hydrogen (secondary N) is 2. The van der Waals surface area contributed by atoms with E-state index in [1.165, 1.54) is 19.2 Å². The second kappa shape index (κ2) is 7.07. The SMILES string of the molecule is CCC(Nc1ccc(S(=O)(=O)NC)cc1[N+](=O)[O-])c1cccs1. The van der Waals surface area contributed by atoms with Crippen molar-refractivity contribution < 1.29 is 13.3 Å². The molecule has 1 heterocycles. The molecule has 2 aromatic rings. The number of benzene rings is 1. The normalized spacial score (nSPS) is 12.8. The lowest BCUT2D eigenvalue weighted by Gasteiger charge is -2.17. The van der Waals surface area contributed by atoms with Crippen LogP contribution in [0.4, 0.5) is 11.4 Å². The summed E-state index contributed by atoms with van der Waals surface area (Å²) >= 11 is 1.56. The van der Waals surface area contributed by atoms with Gasteiger partial charge in [-0.2, -0.15) is 0 Å². The van der Waals surface area contributed by atoms with Gasteiger partial charge in [-0.25, -0.2) is 13.1 Å². The lowest BCUT2D eigenvalue weighted by molar-refractivity contribution is -0.384. The van der Waals surface area contributed by atoms with Gasteiger partial charge >= 0.3 is 0 Å². The van der Waals surface area contributed by atoms with Crippen LogP contribution in [0.5, 0.6) is 0 Å². The molecule has 23 heavy (non-hydrogen) atoms. The van der Waals surface area contributed by atoms with Gasteiger partial charge in [-0.1, -0.05) is 13.0 Å². The molecular formula is C14H17N3O4S2. The number of nitro benzene ring substituents is 1. The van der Waals surface area contributed by atoms with Gasteiger partial charge in [0.1, 0.15) is 5.69 Å². The molecule has 0 saturated heterocycles. The van der Waals surface area contributed by atoms with Gasteiger partial charge in [0.2, 0.25) is 10.0 Å². The molecule has 9 heteroatoms. The molecule has 0 amide bonds. The van der Waals surface area contributed by atoms with Crippen molar-refractivity contribution in [3.8, 4) is 0 Å². The second-order valence-electron chi connectivity index (χ2n) is 4.76. The Balaban J connectivity index is 2.41. The van der Waals surface area contributed by atoms with Crippen molar-refractivity contribution in [2.75, 3.05) is 12.4 Å². The fourth-order valence-electron chi connectivity index (χ4n) is 2.12. The van der Waals surface area contributed by atoms with E-state index in [4.69, 9.17) is 0 Å². The van der Waals surface area contributed by atoms with Crippen molar-refractivity contribution in [1.29, 1.82) is 0 Å². The average Bonchev–Trinajstić information content (AvgIpc) is 3.06. The molecule has 2 N–H and O–H groups in total. The molecular weight excluding hydrogens is 338 g/mol. The number of hydrogen-bond acceptors (Lipinski definition) is 6. The highest BCUT2D eigenvalue weighted by atomic mass is 32.2. The number of nitro groups is 1. The van der Waals surface area contributed by atoms with E-state index in [0.29, 0.717) is 5.69 Å². The van der Waals surface area contributed by atoms with Crippen LogP contribution in [-0.4, -0.2) is 20.4 Å². The molecule has 0 bridgehead atoms. The van der Waals surface area contributed by atoms with Gasteiger partial charge in [0.05, 0.1) is 15.9 Å². The summed E-state index contributed by atoms with van der Waals surface area (Å²) < 4.78 is 25.7. The number of nitrogens with zero attached hydrogens (tertiary/aromatic N) is 1. The molecule has 0 fully saturated rings. The van der Waals surface area contributed by atoms with E-state index in [9.17, 15) is 18.5 Å². The summed E-state index contributed by atoms with van der Waals surface area (Å²) in [7, 11) is -2.47. The molecule has 1 aromatic heterocycles. The lowest BCUT2D eigenvalue weighted by atomic mass is 10.1. The molecule has 1 aromatic carbocycles. The highest BCUT2D eigenvalue weighted by molar-refractivity contribution is 7.89. The number of thiophene rings is 1. The Labute approximate surface area is 138 Å². The van der Waals surface area contributed by atoms with E-state index < -0.39 is 14.9 Å². The van der Waals surface area contributed by atoms with Crippen molar-refractivity contribution in [3.05, 3.63) is 50.7 Å². The smallest absolute Gasteiger partial charge is 0.293 e. The average molecular weight is 355 g/mol. The van der Waals surface area contributed by atoms with Crippen molar-refractivity contribution in [2.24, 2.45) is 0 Å². The highest BCUT2D eigenvalue weighted by Crippen LogP contribution is 2.32. The zero-order chi connectivity index (χ0) is 17.0. The molecule has 0 spiro atoms. The third-order valence-electron chi connectivity index (χ3n) is 3.37. The summed E-state index contributed by atoms with van der Waals surface area (Å²) in [6.07, 6.45) is 0.744. The van der Waals surface area contributed by atoms with E-state index >= 15 is 0 Å². The number of hydrogen-bond donors (Lipinski definition) is 2. The van der Waals surface area contributed by atoms with Gasteiger partial charge in [-0.05, 0) is 37.0 Å². The zero-order valence-corrected chi connectivity index (χ0v) is 14.3. The Morgan fingerprint density at radius 3 is 2.61 bits per heavy atom. The predicted octanol–water partition coefficient (Wildman–Crippen LogP) is 3.13. The molecule has 0 aliphatic rings. The van der Waals surface area contributed by atoms with Crippen molar-refractivity contribution in [1.82, 2.24) is 4.72 Å². The van der Waals surface area contributed by atoms with Crippen molar-refractivity contribution in [3.63, 3.8) is 0 Å². The molecule has 7 nitrogen and oxygen atoms in total. The maximum Gasteiger partial charge on any atom is 0.293 e. The molecule has 0 radical (unpaired) electrons. The van der Waals surface area contributed by atoms with Gasteiger partial charge in [-0.3, -0.25) is 10.1 Å². The number of rotatable bonds is 7. The monoisotopic (exact) mass is 355 g/mol. The Morgan fingerprint density at radius 1 is 1.35 bits per heavy atom. The first-order valence-electron chi connectivity index (χ1n) is 6.91. The number of anilines is 1. The standard InChI is InChI=1S/C14H17N3O4S2/c1-3-11(14-5-4-8-22-14)16-12-7-6-10(23(20,21)15-2)9-13(12)17(18)19/h4-9,11,15-16H,3H2,1-2H3. The summed E-state index contributed by atoms with van der Waals surface area (Å²) in [6.45, 7) is 1.98. The maximum atomic E-state index is 11.8. The molecule has 1 unspecified atom stereocenters. The van der Waals surface area contributed by atoms with Gasteiger partial charge in [0.25, 0.3) is 5.69 Å². The third-order valence-corrected chi connectivity index (χ3v) is 5.77. The van der Waals surface area contributed by atoms with Crippen LogP contribution in [0, 0.1) is 10.1 Å². The fraction of sp³-hybridized carbons (Fsp3) is 0.286. The largest absolute Gasteiger partial charge is 0.372 e. The van der Waals surface area contributed by atoms with Gasteiger partial charge in [-0.15, -0.1) is 11.3 Å². The van der Waals surface area contributed by atoms with Gasteiger partial charge in [0, 0.05) is 10.9 Å². The Morgan fingerprint density at radius 2 is 2.09 bits per heavy atom. The molecule has 0 saturated carbocycles. The Kier molecular flexibility index (Phi) is 5.34. The van der Waals surface area contributed by atoms with Crippen LogP contribution in [0.25, 0.3) is 0 Å². The van der Waals surface area contributed by atoms with Crippen LogP contribution >= 0.6 is 11.3 Å². The van der Waals surface area contributed by atoms with Gasteiger partial charge < -0.3 is 5.32 Å². The summed E-state index contributed by atoms with van der Waals surface area (Å²) in [5.74, 6) is 0. The minimum Gasteiger partial charge on any atom is -0.372 e. The van der Waals surface area contributed by atoms with Crippen LogP contribution in [0.1, 0.15) is 24.3 Å². The first-order valence-corrected chi connectivity index (χ1v) is 9.27. The topological polar surface area (TPSA) is 101 Å². The summed E-state index contributed by atoms with van der Waals surface area (Å²) in [6, 6.07) is 7.65. The van der Waals surface area contributed by atoms with Crippen LogP contribution in [0.3, 0.4) is 0 Å². The van der Waals surface area contributed by atoms with Crippen LogP contribution in [0.15, 0.2) is 40.6 Å². The van der Waals surface area contributed by atoms with Crippen molar-refractivity contribution in [2.45, 2.75) is 24.3 Å². The molecule has 0 aliphatic carbocycles. The van der Waals surface area contributed by atoms with Crippen LogP contribution in [-0.2, 0) is 10.0 Å². The first kappa shape index (κ1) is 17.4. The lowest BCUT2D eigenvalue weighted by Crippen LogP contribution is -2.19. The van der Waals surface area contributed by atoms with E-state index in [1.54, 1.807) is 11.3 Å². The molecule has 1 atom stereocenters. The molecule has 124 valence electrons. The van der Waals surface area contributed by atoms with Crippen molar-refractivity contribution >= 4 is 32.7 Å². The van der Waals surface area contributed by atoms with E-state index in [2.05, 4.69) is 10.0 Å². The minimum atomic E-state index is -3.73. The zero-order valence-electron chi connectivity index (χ0n) is 12.6. The molecule has 0 aliphatic heterocycles. The van der Waals surface area contributed by atoms with E-state index in [0.717, 1.165) is 17.4 Å².